The predicted octanol–water partition coefficient (Wildman–Crippen LogP) is 4.99. The highest BCUT2D eigenvalue weighted by Crippen LogP contribution is 2.38. The van der Waals surface area contributed by atoms with E-state index in [1.807, 2.05) is 39.0 Å². The Hall–Kier alpha value is -3.82. The zero-order valence-electron chi connectivity index (χ0n) is 23.0. The summed E-state index contributed by atoms with van der Waals surface area (Å²) < 4.78 is 16.9. The molecule has 208 valence electrons. The normalized spacial score (nSPS) is 19.4. The fraction of sp³-hybridized carbons (Fsp3) is 0.517. The highest BCUT2D eigenvalue weighted by Gasteiger charge is 2.27. The minimum Gasteiger partial charge on any atom is -0.497 e. The molecule has 2 amide bonds. The van der Waals surface area contributed by atoms with Crippen molar-refractivity contribution in [2.75, 3.05) is 13.7 Å². The van der Waals surface area contributed by atoms with Gasteiger partial charge in [0, 0.05) is 23.8 Å². The number of H-pyrrole nitrogens is 1. The van der Waals surface area contributed by atoms with Gasteiger partial charge in [0.15, 0.2) is 0 Å². The Labute approximate surface area is 228 Å². The van der Waals surface area contributed by atoms with Crippen LogP contribution in [0.2, 0.25) is 0 Å². The third kappa shape index (κ3) is 6.61. The number of carbonyl (C=O) groups is 2. The van der Waals surface area contributed by atoms with Gasteiger partial charge in [0.05, 0.1) is 24.8 Å². The van der Waals surface area contributed by atoms with Crippen molar-refractivity contribution < 1.29 is 23.8 Å². The van der Waals surface area contributed by atoms with E-state index in [4.69, 9.17) is 14.2 Å². The van der Waals surface area contributed by atoms with Gasteiger partial charge in [-0.05, 0) is 83.4 Å². The van der Waals surface area contributed by atoms with E-state index in [1.54, 1.807) is 13.3 Å². The maximum absolute atomic E-state index is 13.3. The first-order valence-electron chi connectivity index (χ1n) is 13.6. The van der Waals surface area contributed by atoms with Crippen molar-refractivity contribution in [3.8, 4) is 22.8 Å². The van der Waals surface area contributed by atoms with E-state index in [-0.39, 0.29) is 18.0 Å². The van der Waals surface area contributed by atoms with Crippen molar-refractivity contribution in [2.45, 2.75) is 77.0 Å². The first-order chi connectivity index (χ1) is 18.7. The third-order valence-electron chi connectivity index (χ3n) is 7.10. The molecule has 0 unspecified atom stereocenters. The van der Waals surface area contributed by atoms with Crippen molar-refractivity contribution in [1.29, 1.82) is 0 Å². The lowest BCUT2D eigenvalue weighted by atomic mass is 9.91. The van der Waals surface area contributed by atoms with Gasteiger partial charge in [-0.3, -0.25) is 4.79 Å². The average molecular weight is 536 g/mol. The molecule has 2 aliphatic carbocycles. The molecule has 2 aliphatic rings. The van der Waals surface area contributed by atoms with Crippen LogP contribution in [0.4, 0.5) is 4.79 Å². The molecule has 2 saturated carbocycles. The van der Waals surface area contributed by atoms with Crippen LogP contribution in [0.15, 0.2) is 30.7 Å². The predicted molar refractivity (Wildman–Crippen MR) is 147 cm³/mol. The zero-order chi connectivity index (χ0) is 27.6. The van der Waals surface area contributed by atoms with E-state index >= 15 is 0 Å². The van der Waals surface area contributed by atoms with Crippen LogP contribution in [0, 0.1) is 5.92 Å². The topological polar surface area (TPSA) is 127 Å². The van der Waals surface area contributed by atoms with Gasteiger partial charge in [-0.1, -0.05) is 0 Å². The summed E-state index contributed by atoms with van der Waals surface area (Å²) in [4.78, 5) is 37.6. The number of hydrogen-bond acceptors (Lipinski definition) is 7. The molecule has 10 heteroatoms. The number of benzene rings is 1. The van der Waals surface area contributed by atoms with Crippen LogP contribution in [0.5, 0.6) is 11.5 Å². The Balaban J connectivity index is 1.27. The molecule has 0 radical (unpaired) electrons. The van der Waals surface area contributed by atoms with Crippen LogP contribution in [0.1, 0.15) is 69.7 Å². The number of ether oxygens (including phenoxy) is 3. The second-order valence-electron chi connectivity index (χ2n) is 11.4. The highest BCUT2D eigenvalue weighted by atomic mass is 16.6. The standard InChI is InChI=1S/C29H37N5O5/c1-29(2,3)39-28(36)34-19-9-7-18(8-10-19)33-27(35)22-14-30-26-24(31-16-32-25(22)26)21-13-20(37-4)11-12-23(21)38-15-17-5-6-17/h11-14,16-19,30H,5-10,15H2,1-4H3,(H,33,35)(H,34,36)/t18-,19-. The second kappa shape index (κ2) is 11.1. The molecule has 2 heterocycles. The summed E-state index contributed by atoms with van der Waals surface area (Å²) in [5, 5.41) is 6.09. The maximum Gasteiger partial charge on any atom is 0.407 e. The first-order valence-corrected chi connectivity index (χ1v) is 13.6. The smallest absolute Gasteiger partial charge is 0.407 e. The lowest BCUT2D eigenvalue weighted by Crippen LogP contribution is -2.45. The van der Waals surface area contributed by atoms with Gasteiger partial charge >= 0.3 is 6.09 Å². The molecular weight excluding hydrogens is 498 g/mol. The molecule has 0 bridgehead atoms. The first kappa shape index (κ1) is 26.8. The number of amides is 2. The summed E-state index contributed by atoms with van der Waals surface area (Å²) in [7, 11) is 1.62. The van der Waals surface area contributed by atoms with Crippen LogP contribution in [-0.2, 0) is 4.74 Å². The minimum absolute atomic E-state index is 0.0151. The van der Waals surface area contributed by atoms with Gasteiger partial charge in [-0.15, -0.1) is 0 Å². The number of nitrogens with zero attached hydrogens (tertiary/aromatic N) is 2. The van der Waals surface area contributed by atoms with Crippen molar-refractivity contribution in [3.05, 3.63) is 36.3 Å². The summed E-state index contributed by atoms with van der Waals surface area (Å²) in [6.07, 6.45) is 8.20. The number of methoxy groups -OCH3 is 1. The number of aromatic amines is 1. The number of fused-ring (bicyclic) bond motifs is 1. The van der Waals surface area contributed by atoms with E-state index in [9.17, 15) is 9.59 Å². The zero-order valence-corrected chi connectivity index (χ0v) is 23.0. The monoisotopic (exact) mass is 535 g/mol. The summed E-state index contributed by atoms with van der Waals surface area (Å²) in [6, 6.07) is 5.72. The lowest BCUT2D eigenvalue weighted by molar-refractivity contribution is 0.0488. The van der Waals surface area contributed by atoms with Crippen LogP contribution in [-0.4, -0.2) is 58.4 Å². The van der Waals surface area contributed by atoms with Crippen molar-refractivity contribution in [3.63, 3.8) is 0 Å². The average Bonchev–Trinajstić information content (AvgIpc) is 3.63. The Morgan fingerprint density at radius 1 is 1.03 bits per heavy atom. The summed E-state index contributed by atoms with van der Waals surface area (Å²) in [5.74, 6) is 1.83. The number of rotatable bonds is 8. The largest absolute Gasteiger partial charge is 0.497 e. The second-order valence-corrected chi connectivity index (χ2v) is 11.4. The highest BCUT2D eigenvalue weighted by molar-refractivity contribution is 6.08. The number of hydrogen-bond donors (Lipinski definition) is 3. The van der Waals surface area contributed by atoms with E-state index < -0.39 is 11.7 Å². The summed E-state index contributed by atoms with van der Waals surface area (Å²) >= 11 is 0. The van der Waals surface area contributed by atoms with Crippen molar-refractivity contribution in [1.82, 2.24) is 25.6 Å². The molecule has 0 atom stereocenters. The van der Waals surface area contributed by atoms with Crippen LogP contribution in [0.25, 0.3) is 22.3 Å². The molecule has 10 nitrogen and oxygen atoms in total. The Kier molecular flexibility index (Phi) is 7.63. The summed E-state index contributed by atoms with van der Waals surface area (Å²) in [5.41, 5.74) is 2.58. The van der Waals surface area contributed by atoms with Gasteiger partial charge in [-0.25, -0.2) is 14.8 Å². The van der Waals surface area contributed by atoms with Gasteiger partial charge in [0.25, 0.3) is 5.91 Å². The molecule has 0 aliphatic heterocycles. The van der Waals surface area contributed by atoms with Crippen LogP contribution < -0.4 is 20.1 Å². The van der Waals surface area contributed by atoms with Gasteiger partial charge in [-0.2, -0.15) is 0 Å². The number of carbonyl (C=O) groups excluding carboxylic acids is 2. The SMILES string of the molecule is COc1ccc(OCC2CC2)c(-c2ncnc3c(C(=O)N[C@H]4CC[C@H](NC(=O)OC(C)(C)C)CC4)c[nH]c23)c1. The van der Waals surface area contributed by atoms with Gasteiger partial charge in [0.1, 0.15) is 34.6 Å². The molecule has 3 aromatic rings. The molecule has 5 rings (SSSR count). The van der Waals surface area contributed by atoms with E-state index in [1.165, 1.54) is 19.2 Å². The fourth-order valence-corrected chi connectivity index (χ4v) is 4.88. The Bertz CT molecular complexity index is 1340. The van der Waals surface area contributed by atoms with Gasteiger partial charge in [0.2, 0.25) is 0 Å². The van der Waals surface area contributed by atoms with Crippen LogP contribution >= 0.6 is 0 Å². The van der Waals surface area contributed by atoms with Crippen molar-refractivity contribution >= 4 is 23.0 Å². The molecular formula is C29H37N5O5. The van der Waals surface area contributed by atoms with E-state index in [0.717, 1.165) is 37.0 Å². The lowest BCUT2D eigenvalue weighted by Gasteiger charge is -2.30. The van der Waals surface area contributed by atoms with E-state index in [2.05, 4.69) is 25.6 Å². The Morgan fingerprint density at radius 3 is 2.41 bits per heavy atom. The fourth-order valence-electron chi connectivity index (χ4n) is 4.88. The number of aromatic nitrogens is 3. The van der Waals surface area contributed by atoms with E-state index in [0.29, 0.717) is 40.6 Å². The molecule has 2 aromatic heterocycles. The molecule has 2 fully saturated rings. The van der Waals surface area contributed by atoms with Gasteiger partial charge < -0.3 is 29.8 Å². The third-order valence-corrected chi connectivity index (χ3v) is 7.10. The maximum atomic E-state index is 13.3. The number of alkyl carbamates (subject to hydrolysis) is 1. The number of nitrogens with one attached hydrogen (secondary N) is 3. The molecule has 0 saturated heterocycles. The Morgan fingerprint density at radius 2 is 1.74 bits per heavy atom. The molecule has 3 N–H and O–H groups in total. The van der Waals surface area contributed by atoms with Crippen LogP contribution in [0.3, 0.4) is 0 Å². The molecule has 0 spiro atoms. The summed E-state index contributed by atoms with van der Waals surface area (Å²) in [6.45, 7) is 6.20. The molecule has 39 heavy (non-hydrogen) atoms. The minimum atomic E-state index is -0.532. The quantitative estimate of drug-likeness (QED) is 0.371. The molecule has 1 aromatic carbocycles. The van der Waals surface area contributed by atoms with Crippen molar-refractivity contribution in [2.24, 2.45) is 5.92 Å².